The molecule has 2 nitrogen and oxygen atoms in total. The van der Waals surface area contributed by atoms with Crippen molar-refractivity contribution in [2.24, 2.45) is 0 Å². The minimum absolute atomic E-state index is 0.0552. The SMILES string of the molecule is C[C@@H](OC[C@H]1CO1)c1cc(Cl)ccc1Cl. The number of epoxide rings is 1. The van der Waals surface area contributed by atoms with E-state index in [2.05, 4.69) is 0 Å². The first kappa shape index (κ1) is 11.2. The molecule has 0 amide bonds. The van der Waals surface area contributed by atoms with Crippen molar-refractivity contribution in [1.29, 1.82) is 0 Å². The van der Waals surface area contributed by atoms with Gasteiger partial charge in [0.15, 0.2) is 0 Å². The zero-order chi connectivity index (χ0) is 10.8. The molecule has 1 aromatic rings. The summed E-state index contributed by atoms with van der Waals surface area (Å²) in [4.78, 5) is 0. The van der Waals surface area contributed by atoms with Crippen LogP contribution < -0.4 is 0 Å². The van der Waals surface area contributed by atoms with Crippen LogP contribution in [0, 0.1) is 0 Å². The highest BCUT2D eigenvalue weighted by molar-refractivity contribution is 6.33. The van der Waals surface area contributed by atoms with Crippen LogP contribution in [0.25, 0.3) is 0 Å². The second kappa shape index (κ2) is 4.71. The van der Waals surface area contributed by atoms with Gasteiger partial charge in [-0.1, -0.05) is 23.2 Å². The minimum atomic E-state index is -0.0552. The van der Waals surface area contributed by atoms with Gasteiger partial charge in [-0.3, -0.25) is 0 Å². The molecule has 1 aliphatic rings. The van der Waals surface area contributed by atoms with Crippen LogP contribution in [0.2, 0.25) is 10.0 Å². The quantitative estimate of drug-likeness (QED) is 0.760. The molecule has 2 rings (SSSR count). The molecule has 1 aliphatic heterocycles. The number of hydrogen-bond acceptors (Lipinski definition) is 2. The lowest BCUT2D eigenvalue weighted by Gasteiger charge is -2.14. The molecule has 82 valence electrons. The third-order valence-corrected chi connectivity index (χ3v) is 2.91. The van der Waals surface area contributed by atoms with Crippen molar-refractivity contribution in [3.05, 3.63) is 33.8 Å². The summed E-state index contributed by atoms with van der Waals surface area (Å²) in [6.45, 7) is 3.37. The van der Waals surface area contributed by atoms with E-state index in [1.54, 1.807) is 12.1 Å². The molecule has 2 atom stereocenters. The normalized spacial score (nSPS) is 21.4. The van der Waals surface area contributed by atoms with Gasteiger partial charge in [0.2, 0.25) is 0 Å². The largest absolute Gasteiger partial charge is 0.371 e. The first-order valence-electron chi connectivity index (χ1n) is 4.85. The van der Waals surface area contributed by atoms with E-state index in [1.165, 1.54) is 0 Å². The summed E-state index contributed by atoms with van der Waals surface area (Å²) in [5.41, 5.74) is 0.921. The van der Waals surface area contributed by atoms with E-state index >= 15 is 0 Å². The van der Waals surface area contributed by atoms with E-state index in [9.17, 15) is 0 Å². The molecule has 0 radical (unpaired) electrons. The molecule has 0 bridgehead atoms. The summed E-state index contributed by atoms with van der Waals surface area (Å²) in [6, 6.07) is 5.39. The lowest BCUT2D eigenvalue weighted by molar-refractivity contribution is 0.0540. The van der Waals surface area contributed by atoms with Crippen molar-refractivity contribution in [3.8, 4) is 0 Å². The topological polar surface area (TPSA) is 21.8 Å². The van der Waals surface area contributed by atoms with Crippen molar-refractivity contribution in [1.82, 2.24) is 0 Å². The fourth-order valence-corrected chi connectivity index (χ4v) is 1.78. The van der Waals surface area contributed by atoms with Crippen molar-refractivity contribution >= 4 is 23.2 Å². The van der Waals surface area contributed by atoms with Crippen LogP contribution >= 0.6 is 23.2 Å². The fraction of sp³-hybridized carbons (Fsp3) is 0.455. The molecular weight excluding hydrogens is 235 g/mol. The Balaban J connectivity index is 2.02. The number of ether oxygens (including phenoxy) is 2. The number of halogens is 2. The molecular formula is C11H12Cl2O2. The number of rotatable bonds is 4. The van der Waals surface area contributed by atoms with Crippen LogP contribution in [0.15, 0.2) is 18.2 Å². The first-order valence-corrected chi connectivity index (χ1v) is 5.60. The van der Waals surface area contributed by atoms with Gasteiger partial charge in [0, 0.05) is 15.6 Å². The molecule has 0 N–H and O–H groups in total. The van der Waals surface area contributed by atoms with Crippen LogP contribution in [0.4, 0.5) is 0 Å². The van der Waals surface area contributed by atoms with E-state index in [4.69, 9.17) is 32.7 Å². The van der Waals surface area contributed by atoms with Crippen molar-refractivity contribution in [3.63, 3.8) is 0 Å². The van der Waals surface area contributed by atoms with Crippen molar-refractivity contribution in [2.45, 2.75) is 19.1 Å². The lowest BCUT2D eigenvalue weighted by Crippen LogP contribution is -2.06. The molecule has 15 heavy (non-hydrogen) atoms. The van der Waals surface area contributed by atoms with Crippen LogP contribution in [-0.4, -0.2) is 19.3 Å². The Kier molecular flexibility index (Phi) is 3.52. The first-order chi connectivity index (χ1) is 7.16. The molecule has 1 aromatic carbocycles. The fourth-order valence-electron chi connectivity index (χ4n) is 1.33. The lowest BCUT2D eigenvalue weighted by atomic mass is 10.1. The molecule has 0 aliphatic carbocycles. The Hall–Kier alpha value is -0.280. The van der Waals surface area contributed by atoms with Crippen LogP contribution in [-0.2, 0) is 9.47 Å². The Morgan fingerprint density at radius 2 is 2.27 bits per heavy atom. The van der Waals surface area contributed by atoms with Gasteiger partial charge >= 0.3 is 0 Å². The van der Waals surface area contributed by atoms with Gasteiger partial charge in [-0.05, 0) is 25.1 Å². The predicted octanol–water partition coefficient (Wildman–Crippen LogP) is 3.47. The van der Waals surface area contributed by atoms with Crippen LogP contribution in [0.5, 0.6) is 0 Å². The summed E-state index contributed by atoms with van der Waals surface area (Å²) in [6.07, 6.45) is 0.214. The van der Waals surface area contributed by atoms with Crippen LogP contribution in [0.3, 0.4) is 0 Å². The Labute approximate surface area is 99.1 Å². The van der Waals surface area contributed by atoms with Gasteiger partial charge in [-0.25, -0.2) is 0 Å². The molecule has 4 heteroatoms. The zero-order valence-corrected chi connectivity index (χ0v) is 9.89. The maximum atomic E-state index is 6.05. The van der Waals surface area contributed by atoms with Crippen molar-refractivity contribution in [2.75, 3.05) is 13.2 Å². The van der Waals surface area contributed by atoms with E-state index in [-0.39, 0.29) is 12.2 Å². The van der Waals surface area contributed by atoms with Gasteiger partial charge in [0.25, 0.3) is 0 Å². The summed E-state index contributed by atoms with van der Waals surface area (Å²) in [5.74, 6) is 0. The minimum Gasteiger partial charge on any atom is -0.371 e. The highest BCUT2D eigenvalue weighted by atomic mass is 35.5. The van der Waals surface area contributed by atoms with E-state index in [1.807, 2.05) is 13.0 Å². The summed E-state index contributed by atoms with van der Waals surface area (Å²) >= 11 is 11.9. The summed E-state index contributed by atoms with van der Waals surface area (Å²) in [5, 5.41) is 1.36. The van der Waals surface area contributed by atoms with E-state index < -0.39 is 0 Å². The summed E-state index contributed by atoms with van der Waals surface area (Å²) < 4.78 is 10.7. The third kappa shape index (κ3) is 3.08. The smallest absolute Gasteiger partial charge is 0.104 e. The number of hydrogen-bond donors (Lipinski definition) is 0. The van der Waals surface area contributed by atoms with Gasteiger partial charge in [-0.2, -0.15) is 0 Å². The monoisotopic (exact) mass is 246 g/mol. The third-order valence-electron chi connectivity index (χ3n) is 2.33. The average Bonchev–Trinajstić information content (AvgIpc) is 3.02. The van der Waals surface area contributed by atoms with Gasteiger partial charge in [0.1, 0.15) is 6.10 Å². The molecule has 0 aromatic heterocycles. The molecule has 1 saturated heterocycles. The summed E-state index contributed by atoms with van der Waals surface area (Å²) in [7, 11) is 0. The number of benzene rings is 1. The predicted molar refractivity (Wildman–Crippen MR) is 60.6 cm³/mol. The zero-order valence-electron chi connectivity index (χ0n) is 8.37. The van der Waals surface area contributed by atoms with Gasteiger partial charge in [0.05, 0.1) is 19.3 Å². The van der Waals surface area contributed by atoms with Gasteiger partial charge in [-0.15, -0.1) is 0 Å². The Morgan fingerprint density at radius 3 is 2.93 bits per heavy atom. The maximum Gasteiger partial charge on any atom is 0.104 e. The highest BCUT2D eigenvalue weighted by Crippen LogP contribution is 2.28. The van der Waals surface area contributed by atoms with E-state index in [0.717, 1.165) is 12.2 Å². The maximum absolute atomic E-state index is 6.05. The average molecular weight is 247 g/mol. The second-order valence-corrected chi connectivity index (χ2v) is 4.44. The molecule has 1 heterocycles. The molecule has 1 fully saturated rings. The van der Waals surface area contributed by atoms with E-state index in [0.29, 0.717) is 16.7 Å². The highest BCUT2D eigenvalue weighted by Gasteiger charge is 2.24. The Bertz CT molecular complexity index is 350. The van der Waals surface area contributed by atoms with Gasteiger partial charge < -0.3 is 9.47 Å². The molecule has 0 saturated carbocycles. The van der Waals surface area contributed by atoms with Crippen molar-refractivity contribution < 1.29 is 9.47 Å². The second-order valence-electron chi connectivity index (χ2n) is 3.60. The standard InChI is InChI=1S/C11H12Cl2O2/c1-7(14-5-9-6-15-9)10-4-8(12)2-3-11(10)13/h2-4,7,9H,5-6H2,1H3/t7-,9+/m1/s1. The van der Waals surface area contributed by atoms with Crippen LogP contribution in [0.1, 0.15) is 18.6 Å². The Morgan fingerprint density at radius 1 is 1.53 bits per heavy atom. The molecule has 0 unspecified atom stereocenters. The molecule has 0 spiro atoms.